The van der Waals surface area contributed by atoms with E-state index in [0.29, 0.717) is 42.0 Å². The number of nitrogens with one attached hydrogen (secondary N) is 1. The SMILES string of the molecule is CCOc1ccc(CNC(=O)[C@H](C)Oc2ccccc2Cl)cc1OCC. The van der Waals surface area contributed by atoms with E-state index in [1.807, 2.05) is 38.1 Å². The zero-order chi connectivity index (χ0) is 18.9. The van der Waals surface area contributed by atoms with E-state index < -0.39 is 6.10 Å². The van der Waals surface area contributed by atoms with Crippen LogP contribution in [0.5, 0.6) is 17.2 Å². The lowest BCUT2D eigenvalue weighted by molar-refractivity contribution is -0.127. The number of carbonyl (C=O) groups excluding carboxylic acids is 1. The van der Waals surface area contributed by atoms with Gasteiger partial charge in [-0.1, -0.05) is 29.8 Å². The van der Waals surface area contributed by atoms with Gasteiger partial charge in [0.15, 0.2) is 17.6 Å². The third kappa shape index (κ3) is 5.56. The van der Waals surface area contributed by atoms with Gasteiger partial charge in [0.2, 0.25) is 0 Å². The molecule has 1 atom stereocenters. The van der Waals surface area contributed by atoms with Crippen molar-refractivity contribution in [3.63, 3.8) is 0 Å². The summed E-state index contributed by atoms with van der Waals surface area (Å²) in [5, 5.41) is 3.33. The van der Waals surface area contributed by atoms with Crippen molar-refractivity contribution >= 4 is 17.5 Å². The molecule has 0 aliphatic heterocycles. The van der Waals surface area contributed by atoms with Crippen molar-refractivity contribution in [1.29, 1.82) is 0 Å². The maximum absolute atomic E-state index is 12.3. The molecule has 140 valence electrons. The van der Waals surface area contributed by atoms with Crippen molar-refractivity contribution in [2.45, 2.75) is 33.4 Å². The van der Waals surface area contributed by atoms with E-state index in [1.54, 1.807) is 25.1 Å². The first-order chi connectivity index (χ1) is 12.5. The van der Waals surface area contributed by atoms with Gasteiger partial charge in [0.05, 0.1) is 18.2 Å². The average Bonchev–Trinajstić information content (AvgIpc) is 2.63. The number of rotatable bonds is 9. The minimum atomic E-state index is -0.663. The molecule has 1 N–H and O–H groups in total. The summed E-state index contributed by atoms with van der Waals surface area (Å²) >= 11 is 6.05. The lowest BCUT2D eigenvalue weighted by atomic mass is 10.2. The molecule has 0 bridgehead atoms. The second-order valence-corrected chi connectivity index (χ2v) is 5.96. The fourth-order valence-electron chi connectivity index (χ4n) is 2.32. The molecule has 0 aliphatic rings. The van der Waals surface area contributed by atoms with Crippen molar-refractivity contribution in [2.24, 2.45) is 0 Å². The quantitative estimate of drug-likeness (QED) is 0.710. The summed E-state index contributed by atoms with van der Waals surface area (Å²) in [5.41, 5.74) is 0.912. The van der Waals surface area contributed by atoms with E-state index in [4.69, 9.17) is 25.8 Å². The molecule has 0 saturated heterocycles. The number of ether oxygens (including phenoxy) is 3. The van der Waals surface area contributed by atoms with Crippen LogP contribution in [0.3, 0.4) is 0 Å². The maximum Gasteiger partial charge on any atom is 0.261 e. The van der Waals surface area contributed by atoms with Crippen molar-refractivity contribution in [2.75, 3.05) is 13.2 Å². The predicted molar refractivity (Wildman–Crippen MR) is 102 cm³/mol. The van der Waals surface area contributed by atoms with E-state index in [0.717, 1.165) is 5.56 Å². The molecule has 0 aromatic heterocycles. The number of benzene rings is 2. The first-order valence-corrected chi connectivity index (χ1v) is 9.00. The van der Waals surface area contributed by atoms with Crippen molar-refractivity contribution in [3.8, 4) is 17.2 Å². The van der Waals surface area contributed by atoms with E-state index >= 15 is 0 Å². The Morgan fingerprint density at radius 3 is 2.42 bits per heavy atom. The van der Waals surface area contributed by atoms with Crippen LogP contribution in [0.15, 0.2) is 42.5 Å². The molecular weight excluding hydrogens is 354 g/mol. The van der Waals surface area contributed by atoms with Crippen LogP contribution in [0.4, 0.5) is 0 Å². The van der Waals surface area contributed by atoms with Crippen molar-refractivity contribution in [1.82, 2.24) is 5.32 Å². The zero-order valence-electron chi connectivity index (χ0n) is 15.3. The van der Waals surface area contributed by atoms with Gasteiger partial charge in [0.1, 0.15) is 5.75 Å². The van der Waals surface area contributed by atoms with Gasteiger partial charge >= 0.3 is 0 Å². The van der Waals surface area contributed by atoms with Crippen molar-refractivity contribution in [3.05, 3.63) is 53.1 Å². The minimum absolute atomic E-state index is 0.225. The summed E-state index contributed by atoms with van der Waals surface area (Å²) in [6, 6.07) is 12.7. The third-order valence-corrected chi connectivity index (χ3v) is 3.90. The molecule has 0 spiro atoms. The highest BCUT2D eigenvalue weighted by molar-refractivity contribution is 6.32. The Hall–Kier alpha value is -2.40. The predicted octanol–water partition coefficient (Wildman–Crippen LogP) is 4.22. The Morgan fingerprint density at radius 1 is 1.04 bits per heavy atom. The highest BCUT2D eigenvalue weighted by Crippen LogP contribution is 2.28. The average molecular weight is 378 g/mol. The summed E-state index contributed by atoms with van der Waals surface area (Å²) in [6.45, 7) is 6.98. The Morgan fingerprint density at radius 2 is 1.73 bits per heavy atom. The van der Waals surface area contributed by atoms with Crippen molar-refractivity contribution < 1.29 is 19.0 Å². The van der Waals surface area contributed by atoms with Crippen LogP contribution < -0.4 is 19.5 Å². The molecule has 6 heteroatoms. The number of carbonyl (C=O) groups is 1. The summed E-state index contributed by atoms with van der Waals surface area (Å²) in [7, 11) is 0. The first-order valence-electron chi connectivity index (χ1n) is 8.62. The van der Waals surface area contributed by atoms with E-state index in [9.17, 15) is 4.79 Å². The van der Waals surface area contributed by atoms with Gasteiger partial charge < -0.3 is 19.5 Å². The second-order valence-electron chi connectivity index (χ2n) is 5.56. The molecule has 2 aromatic carbocycles. The highest BCUT2D eigenvalue weighted by atomic mass is 35.5. The molecule has 0 aliphatic carbocycles. The van der Waals surface area contributed by atoms with Gasteiger partial charge in [-0.3, -0.25) is 4.79 Å². The van der Waals surface area contributed by atoms with E-state index in [1.165, 1.54) is 0 Å². The second kappa shape index (κ2) is 9.92. The van der Waals surface area contributed by atoms with Gasteiger partial charge in [0.25, 0.3) is 5.91 Å². The number of hydrogen-bond acceptors (Lipinski definition) is 4. The summed E-state index contributed by atoms with van der Waals surface area (Å²) in [6.07, 6.45) is -0.663. The number of halogens is 1. The minimum Gasteiger partial charge on any atom is -0.490 e. The Labute approximate surface area is 159 Å². The third-order valence-electron chi connectivity index (χ3n) is 3.58. The Bertz CT molecular complexity index is 736. The van der Waals surface area contributed by atoms with Crippen LogP contribution >= 0.6 is 11.6 Å². The molecule has 0 unspecified atom stereocenters. The zero-order valence-corrected chi connectivity index (χ0v) is 16.0. The largest absolute Gasteiger partial charge is 0.490 e. The van der Waals surface area contributed by atoms with Gasteiger partial charge in [-0.05, 0) is 50.6 Å². The molecule has 0 saturated carbocycles. The molecule has 2 aromatic rings. The smallest absolute Gasteiger partial charge is 0.261 e. The molecule has 5 nitrogen and oxygen atoms in total. The Kier molecular flexibility index (Phi) is 7.60. The van der Waals surface area contributed by atoms with Gasteiger partial charge in [-0.25, -0.2) is 0 Å². The van der Waals surface area contributed by atoms with Gasteiger partial charge in [-0.2, -0.15) is 0 Å². The molecule has 26 heavy (non-hydrogen) atoms. The number of amides is 1. The molecule has 1 amide bonds. The van der Waals surface area contributed by atoms with Crippen LogP contribution in [-0.4, -0.2) is 25.2 Å². The maximum atomic E-state index is 12.3. The number of para-hydroxylation sites is 1. The molecule has 2 rings (SSSR count). The molecule has 0 radical (unpaired) electrons. The van der Waals surface area contributed by atoms with E-state index in [2.05, 4.69) is 5.32 Å². The fraction of sp³-hybridized carbons (Fsp3) is 0.350. The normalized spacial score (nSPS) is 11.5. The fourth-order valence-corrected chi connectivity index (χ4v) is 2.50. The standard InChI is InChI=1S/C20H24ClNO4/c1-4-24-18-11-10-15(12-19(18)25-5-2)13-22-20(23)14(3)26-17-9-7-6-8-16(17)21/h6-12,14H,4-5,13H2,1-3H3,(H,22,23)/t14-/m0/s1. The van der Waals surface area contributed by atoms with Crippen LogP contribution in [0.25, 0.3) is 0 Å². The summed E-state index contributed by atoms with van der Waals surface area (Å²) in [4.78, 5) is 12.3. The molecule has 0 fully saturated rings. The van der Waals surface area contributed by atoms with Gasteiger partial charge in [-0.15, -0.1) is 0 Å². The first kappa shape index (κ1) is 19.9. The molecular formula is C20H24ClNO4. The topological polar surface area (TPSA) is 56.8 Å². The van der Waals surface area contributed by atoms with Crippen LogP contribution in [0, 0.1) is 0 Å². The van der Waals surface area contributed by atoms with E-state index in [-0.39, 0.29) is 5.91 Å². The lowest BCUT2D eigenvalue weighted by Crippen LogP contribution is -2.35. The summed E-state index contributed by atoms with van der Waals surface area (Å²) < 4.78 is 16.8. The number of hydrogen-bond donors (Lipinski definition) is 1. The summed E-state index contributed by atoms with van der Waals surface area (Å²) in [5.74, 6) is 1.62. The Balaban J connectivity index is 1.95. The van der Waals surface area contributed by atoms with Crippen LogP contribution in [-0.2, 0) is 11.3 Å². The molecule has 0 heterocycles. The highest BCUT2D eigenvalue weighted by Gasteiger charge is 2.16. The monoisotopic (exact) mass is 377 g/mol. The van der Waals surface area contributed by atoms with Crippen LogP contribution in [0.2, 0.25) is 5.02 Å². The lowest BCUT2D eigenvalue weighted by Gasteiger charge is -2.16. The van der Waals surface area contributed by atoms with Gasteiger partial charge in [0, 0.05) is 6.54 Å². The van der Waals surface area contributed by atoms with Crippen LogP contribution in [0.1, 0.15) is 26.3 Å².